The summed E-state index contributed by atoms with van der Waals surface area (Å²) >= 11 is 0. The summed E-state index contributed by atoms with van der Waals surface area (Å²) in [5.74, 6) is -0.337. The molecule has 0 aliphatic carbocycles. The average molecular weight is 570 g/mol. The van der Waals surface area contributed by atoms with E-state index in [0.717, 1.165) is 15.2 Å². The van der Waals surface area contributed by atoms with Crippen molar-refractivity contribution >= 4 is 22.9 Å². The Morgan fingerprint density at radius 1 is 1.15 bits per heavy atom. The van der Waals surface area contributed by atoms with E-state index >= 15 is 0 Å². The van der Waals surface area contributed by atoms with Crippen LogP contribution in [0.4, 0.5) is 19.0 Å². The van der Waals surface area contributed by atoms with Gasteiger partial charge in [-0.15, -0.1) is 0 Å². The van der Waals surface area contributed by atoms with E-state index < -0.39 is 34.9 Å². The summed E-state index contributed by atoms with van der Waals surface area (Å²) in [6, 6.07) is 1.22. The van der Waals surface area contributed by atoms with Crippen LogP contribution in [-0.4, -0.2) is 49.7 Å². The van der Waals surface area contributed by atoms with Gasteiger partial charge in [-0.1, -0.05) is 5.16 Å². The molecule has 0 saturated carbocycles. The molecule has 0 unspecified atom stereocenters. The number of rotatable bonds is 6. The number of pyridine rings is 1. The van der Waals surface area contributed by atoms with Gasteiger partial charge in [0.2, 0.25) is 11.8 Å². The second-order valence-corrected chi connectivity index (χ2v) is 9.07. The Morgan fingerprint density at radius 3 is 2.59 bits per heavy atom. The first-order valence-electron chi connectivity index (χ1n) is 12.0. The van der Waals surface area contributed by atoms with Gasteiger partial charge in [0, 0.05) is 37.6 Å². The zero-order valence-corrected chi connectivity index (χ0v) is 22.0. The van der Waals surface area contributed by atoms with Gasteiger partial charge in [-0.25, -0.2) is 19.7 Å². The third kappa shape index (κ3) is 5.08. The standard InChI is InChI=1S/C24H21F3N10O4/c1-11-15(24(25,26)27)7-14(8-29-11)19-28-6-5-16(32-19)33-21(38)12(2)37-10-30-20-18(37)22(39)36(23(40)35(20)4)9-17-31-13(3)41-34-17/h5-8,10,12H,9H2,1-4H3,(H,28,32,33,38)/t12-/m0/s1. The monoisotopic (exact) mass is 570 g/mol. The van der Waals surface area contributed by atoms with Crippen LogP contribution < -0.4 is 16.6 Å². The Balaban J connectivity index is 1.45. The predicted molar refractivity (Wildman–Crippen MR) is 136 cm³/mol. The molecular formula is C24H21F3N10O4. The summed E-state index contributed by atoms with van der Waals surface area (Å²) in [4.78, 5) is 59.5. The van der Waals surface area contributed by atoms with E-state index in [-0.39, 0.29) is 52.3 Å². The molecule has 0 bridgehead atoms. The van der Waals surface area contributed by atoms with Crippen LogP contribution in [0.5, 0.6) is 0 Å². The highest BCUT2D eigenvalue weighted by Crippen LogP contribution is 2.33. The fraction of sp³-hybridized carbons (Fsp3) is 0.292. The highest BCUT2D eigenvalue weighted by molar-refractivity contribution is 5.93. The van der Waals surface area contributed by atoms with Crippen LogP contribution in [0.25, 0.3) is 22.6 Å². The Hall–Kier alpha value is -5.22. The van der Waals surface area contributed by atoms with E-state index in [9.17, 15) is 27.6 Å². The Kier molecular flexibility index (Phi) is 6.72. The molecule has 5 aromatic rings. The van der Waals surface area contributed by atoms with Crippen molar-refractivity contribution in [2.75, 3.05) is 5.32 Å². The molecule has 5 heterocycles. The molecule has 0 saturated heterocycles. The number of fused-ring (bicyclic) bond motifs is 1. The van der Waals surface area contributed by atoms with Crippen molar-refractivity contribution in [3.8, 4) is 11.4 Å². The Morgan fingerprint density at radius 2 is 1.90 bits per heavy atom. The van der Waals surface area contributed by atoms with Crippen molar-refractivity contribution in [1.82, 2.24) is 43.8 Å². The summed E-state index contributed by atoms with van der Waals surface area (Å²) < 4.78 is 48.3. The predicted octanol–water partition coefficient (Wildman–Crippen LogP) is 2.02. The first-order valence-corrected chi connectivity index (χ1v) is 12.0. The molecule has 5 aromatic heterocycles. The van der Waals surface area contributed by atoms with Crippen LogP contribution in [0.3, 0.4) is 0 Å². The number of nitrogens with one attached hydrogen (secondary N) is 1. The third-order valence-corrected chi connectivity index (χ3v) is 6.28. The van der Waals surface area contributed by atoms with Crippen molar-refractivity contribution < 1.29 is 22.5 Å². The lowest BCUT2D eigenvalue weighted by Crippen LogP contribution is -2.40. The van der Waals surface area contributed by atoms with Crippen molar-refractivity contribution in [3.63, 3.8) is 0 Å². The number of halogens is 3. The van der Waals surface area contributed by atoms with Gasteiger partial charge in [-0.05, 0) is 26.0 Å². The van der Waals surface area contributed by atoms with E-state index in [2.05, 4.69) is 35.4 Å². The van der Waals surface area contributed by atoms with E-state index in [4.69, 9.17) is 4.52 Å². The van der Waals surface area contributed by atoms with Gasteiger partial charge >= 0.3 is 11.9 Å². The van der Waals surface area contributed by atoms with Crippen molar-refractivity contribution in [2.24, 2.45) is 7.05 Å². The summed E-state index contributed by atoms with van der Waals surface area (Å²) in [6.07, 6.45) is -0.886. The number of alkyl halides is 3. The molecule has 41 heavy (non-hydrogen) atoms. The Bertz CT molecular complexity index is 1920. The number of hydrogen-bond acceptors (Lipinski definition) is 10. The maximum absolute atomic E-state index is 13.4. The van der Waals surface area contributed by atoms with Crippen LogP contribution in [0.15, 0.2) is 45.0 Å². The van der Waals surface area contributed by atoms with Crippen molar-refractivity contribution in [3.05, 3.63) is 74.7 Å². The Labute approximate surface area is 227 Å². The molecule has 5 rings (SSSR count). The first-order chi connectivity index (χ1) is 19.3. The molecule has 14 nitrogen and oxygen atoms in total. The van der Waals surface area contributed by atoms with Gasteiger partial charge in [0.1, 0.15) is 11.9 Å². The van der Waals surface area contributed by atoms with E-state index in [0.29, 0.717) is 0 Å². The largest absolute Gasteiger partial charge is 0.418 e. The topological polar surface area (TPSA) is 169 Å². The molecule has 1 N–H and O–H groups in total. The second kappa shape index (κ2) is 10.1. The average Bonchev–Trinajstić information content (AvgIpc) is 3.55. The van der Waals surface area contributed by atoms with Gasteiger partial charge in [-0.2, -0.15) is 18.2 Å². The molecule has 0 aliphatic heterocycles. The highest BCUT2D eigenvalue weighted by atomic mass is 19.4. The quantitative estimate of drug-likeness (QED) is 0.319. The SMILES string of the molecule is Cc1nc(Cn2c(=O)c3c(ncn3[C@@H](C)C(=O)Nc3ccnc(-c4cnc(C)c(C(F)(F)F)c4)n3)n(C)c2=O)no1. The number of aromatic nitrogens is 9. The van der Waals surface area contributed by atoms with Crippen LogP contribution in [0, 0.1) is 13.8 Å². The molecule has 0 radical (unpaired) electrons. The lowest BCUT2D eigenvalue weighted by atomic mass is 10.1. The van der Waals surface area contributed by atoms with Gasteiger partial charge in [0.25, 0.3) is 5.56 Å². The number of carbonyl (C=O) groups is 1. The number of imidazole rings is 1. The summed E-state index contributed by atoms with van der Waals surface area (Å²) in [5, 5.41) is 6.29. The normalized spacial score (nSPS) is 12.6. The number of aryl methyl sites for hydroxylation is 3. The minimum Gasteiger partial charge on any atom is -0.340 e. The molecule has 17 heteroatoms. The molecule has 1 atom stereocenters. The fourth-order valence-corrected chi connectivity index (χ4v) is 4.14. The number of nitrogens with zero attached hydrogens (tertiary/aromatic N) is 9. The molecule has 0 fully saturated rings. The molecule has 1 amide bonds. The van der Waals surface area contributed by atoms with E-state index in [1.54, 1.807) is 6.92 Å². The minimum atomic E-state index is -4.62. The first kappa shape index (κ1) is 27.4. The van der Waals surface area contributed by atoms with Crippen LogP contribution in [0.2, 0.25) is 0 Å². The number of hydrogen-bond donors (Lipinski definition) is 1. The third-order valence-electron chi connectivity index (χ3n) is 6.28. The molecule has 0 spiro atoms. The smallest absolute Gasteiger partial charge is 0.340 e. The van der Waals surface area contributed by atoms with Crippen LogP contribution >= 0.6 is 0 Å². The minimum absolute atomic E-state index is 0.00249. The molecule has 0 aliphatic rings. The van der Waals surface area contributed by atoms with Crippen LogP contribution in [-0.2, 0) is 24.6 Å². The molecule has 212 valence electrons. The van der Waals surface area contributed by atoms with Gasteiger partial charge in [0.05, 0.1) is 18.4 Å². The van der Waals surface area contributed by atoms with Gasteiger partial charge in [-0.3, -0.25) is 23.7 Å². The lowest BCUT2D eigenvalue weighted by molar-refractivity contribution is -0.138. The van der Waals surface area contributed by atoms with Crippen LogP contribution in [0.1, 0.15) is 35.9 Å². The van der Waals surface area contributed by atoms with E-state index in [1.807, 2.05) is 0 Å². The molecular weight excluding hydrogens is 549 g/mol. The zero-order valence-electron chi connectivity index (χ0n) is 22.0. The summed E-state index contributed by atoms with van der Waals surface area (Å²) in [7, 11) is 1.43. The molecule has 0 aromatic carbocycles. The zero-order chi connectivity index (χ0) is 29.6. The van der Waals surface area contributed by atoms with Crippen molar-refractivity contribution in [1.29, 1.82) is 0 Å². The fourth-order valence-electron chi connectivity index (χ4n) is 4.14. The summed E-state index contributed by atoms with van der Waals surface area (Å²) in [5.41, 5.74) is -2.48. The maximum atomic E-state index is 13.4. The van der Waals surface area contributed by atoms with E-state index in [1.165, 1.54) is 50.2 Å². The number of carbonyl (C=O) groups excluding carboxylic acids is 1. The maximum Gasteiger partial charge on any atom is 0.418 e. The number of amides is 1. The van der Waals surface area contributed by atoms with Gasteiger partial charge < -0.3 is 14.4 Å². The highest BCUT2D eigenvalue weighted by Gasteiger charge is 2.33. The lowest BCUT2D eigenvalue weighted by Gasteiger charge is -2.15. The summed E-state index contributed by atoms with van der Waals surface area (Å²) in [6.45, 7) is 4.03. The second-order valence-electron chi connectivity index (χ2n) is 9.07. The number of anilines is 1. The van der Waals surface area contributed by atoms with Crippen molar-refractivity contribution in [2.45, 2.75) is 39.5 Å². The van der Waals surface area contributed by atoms with Gasteiger partial charge in [0.15, 0.2) is 22.8 Å².